The Bertz CT molecular complexity index is 1120. The zero-order valence-corrected chi connectivity index (χ0v) is 55.4. The summed E-state index contributed by atoms with van der Waals surface area (Å²) >= 11 is 0. The Labute approximate surface area is 508 Å². The number of aliphatic carboxylic acids is 4. The van der Waals surface area contributed by atoms with Gasteiger partial charge in [0.2, 0.25) is 0 Å². The number of hydrogen-bond donors (Lipinski definition) is 4. The number of carbonyl (C=O) groups is 4. The van der Waals surface area contributed by atoms with Crippen LogP contribution in [0, 0.1) is 5.92 Å². The summed E-state index contributed by atoms with van der Waals surface area (Å²) < 4.78 is 38.8. The molecule has 0 radical (unpaired) electrons. The van der Waals surface area contributed by atoms with Crippen LogP contribution in [0.1, 0.15) is 207 Å². The summed E-state index contributed by atoms with van der Waals surface area (Å²) in [5.41, 5.74) is 0. The maximum atomic E-state index is 10.5. The van der Waals surface area contributed by atoms with Crippen LogP contribution >= 0.6 is 0 Å². The van der Waals surface area contributed by atoms with E-state index in [1.807, 2.05) is 0 Å². The van der Waals surface area contributed by atoms with Crippen molar-refractivity contribution < 1.29 is 98.8 Å². The van der Waals surface area contributed by atoms with Gasteiger partial charge in [-0.1, -0.05) is 181 Å². The summed E-state index contributed by atoms with van der Waals surface area (Å²) in [6.07, 6.45) is 35.2. The van der Waals surface area contributed by atoms with E-state index in [-0.39, 0.29) is 12.8 Å². The molecule has 0 saturated carbocycles. The lowest BCUT2D eigenvalue weighted by Gasteiger charge is -2.18. The number of rotatable bonds is 56. The third-order valence-corrected chi connectivity index (χ3v) is 12.3. The van der Waals surface area contributed by atoms with E-state index >= 15 is 0 Å². The van der Waals surface area contributed by atoms with Gasteiger partial charge in [-0.15, -0.1) is 0 Å². The summed E-state index contributed by atoms with van der Waals surface area (Å²) in [7, 11) is 13.7. The first-order chi connectivity index (χ1) is 40.3. The lowest BCUT2D eigenvalue weighted by molar-refractivity contribution is -0.657. The standard InChI is InChI=1S/C14H26O4.C13H24O2.C12H24O2.4C6H15NO2/c1-2-3-4-5-6-7-8-9-10-11-12(13(15)16)14(17)18;1-2-3-4-5-6-7-8-9-10-11-12-13(14)15;1-2-3-4-5-6-7-8-9-10-11-12(13)14;4*1-8-5-3-7-4-6-9-2/h12H,2-11H2,1H3,(H,15,16)(H,17,18);11-12H,2-10H2,1H3,(H,14,15);2-11H2,1H3,(H,13,14);4*7H,3-6H2,1-2H3. The lowest BCUT2D eigenvalue weighted by Crippen LogP contribution is -2.86. The normalized spacial score (nSPS) is 10.4. The largest absolute Gasteiger partial charge is 0.550 e. The van der Waals surface area contributed by atoms with E-state index in [1.165, 1.54) is 122 Å². The summed E-state index contributed by atoms with van der Waals surface area (Å²) in [4.78, 5) is 41.1. The number of quaternary nitrogens is 4. The van der Waals surface area contributed by atoms with Gasteiger partial charge in [-0.3, -0.25) is 0 Å². The molecule has 0 fully saturated rings. The molecule has 0 heterocycles. The van der Waals surface area contributed by atoms with Crippen molar-refractivity contribution in [3.63, 3.8) is 0 Å². The van der Waals surface area contributed by atoms with Crippen LogP contribution in [0.2, 0.25) is 0 Å². The average Bonchev–Trinajstić information content (AvgIpc) is 3.46. The van der Waals surface area contributed by atoms with E-state index in [4.69, 9.17) is 37.9 Å². The van der Waals surface area contributed by atoms with Crippen LogP contribution in [0.15, 0.2) is 12.2 Å². The molecule has 0 atom stereocenters. The minimum atomic E-state index is -1.53. The van der Waals surface area contributed by atoms with Gasteiger partial charge in [0.15, 0.2) is 0 Å². The number of nitrogens with two attached hydrogens (primary N) is 4. The number of carboxylic acid groups (broad SMARTS) is 4. The lowest BCUT2D eigenvalue weighted by atomic mass is 10.00. The molecule has 0 rings (SSSR count). The maximum absolute atomic E-state index is 10.5. The van der Waals surface area contributed by atoms with E-state index in [0.29, 0.717) is 6.42 Å². The molecule has 0 aromatic carbocycles. The molecule has 0 spiro atoms. The molecule has 0 aliphatic rings. The van der Waals surface area contributed by atoms with Crippen molar-refractivity contribution in [2.45, 2.75) is 207 Å². The monoisotopic (exact) mass is 1200 g/mol. The quantitative estimate of drug-likeness (QED) is 0.0384. The second-order valence-corrected chi connectivity index (χ2v) is 20.1. The zero-order chi connectivity index (χ0) is 63.6. The summed E-state index contributed by atoms with van der Waals surface area (Å²) in [5, 5.41) is 49.8. The highest BCUT2D eigenvalue weighted by Crippen LogP contribution is 2.14. The van der Waals surface area contributed by atoms with Crippen molar-refractivity contribution in [1.29, 1.82) is 0 Å². The smallest absolute Gasteiger partial charge is 0.0993 e. The molecule has 20 heteroatoms. The van der Waals surface area contributed by atoms with Crippen LogP contribution in [0.4, 0.5) is 0 Å². The SMILES string of the molecule is CCCCCCCCCCC=CC(=O)[O-].CCCCCCCCCCCC(=O)[O-].CCCCCCCCCCCC(C(=O)[O-])C(=O)[O-].COCC[NH2+]CCOC.COCC[NH2+]CCOC.COCC[NH2+]CCOC.COCC[NH2+]CCOC. The number of methoxy groups -OCH3 is 8. The molecule has 0 saturated heterocycles. The van der Waals surface area contributed by atoms with Crippen LogP contribution in [-0.4, -0.2) is 186 Å². The highest BCUT2D eigenvalue weighted by atomic mass is 16.5. The van der Waals surface area contributed by atoms with Crippen LogP contribution < -0.4 is 41.7 Å². The van der Waals surface area contributed by atoms with Gasteiger partial charge in [0, 0.05) is 68.8 Å². The first-order valence-corrected chi connectivity index (χ1v) is 32.0. The minimum Gasteiger partial charge on any atom is -0.550 e. The van der Waals surface area contributed by atoms with Crippen LogP contribution in [0.3, 0.4) is 0 Å². The average molecular weight is 1200 g/mol. The molecule has 502 valence electrons. The minimum absolute atomic E-state index is 0.125. The number of carbonyl (C=O) groups excluding carboxylic acids is 4. The molecule has 0 amide bonds. The van der Waals surface area contributed by atoms with Crippen LogP contribution in [-0.2, 0) is 57.1 Å². The van der Waals surface area contributed by atoms with E-state index in [0.717, 1.165) is 156 Å². The highest BCUT2D eigenvalue weighted by molar-refractivity contribution is 5.90. The zero-order valence-electron chi connectivity index (χ0n) is 55.4. The number of carboxylic acids is 4. The number of unbranched alkanes of at least 4 members (excludes halogenated alkanes) is 24. The topological polar surface area (TPSA) is 301 Å². The fourth-order valence-corrected chi connectivity index (χ4v) is 7.33. The Morgan fingerprint density at radius 3 is 0.783 bits per heavy atom. The third-order valence-electron chi connectivity index (χ3n) is 12.3. The Morgan fingerprint density at radius 1 is 0.337 bits per heavy atom. The molecule has 0 aromatic rings. The van der Waals surface area contributed by atoms with Gasteiger partial charge in [-0.25, -0.2) is 0 Å². The van der Waals surface area contributed by atoms with Gasteiger partial charge in [0.25, 0.3) is 0 Å². The van der Waals surface area contributed by atoms with Gasteiger partial charge < -0.3 is 98.8 Å². The fourth-order valence-electron chi connectivity index (χ4n) is 7.33. The number of ether oxygens (including phenoxy) is 8. The van der Waals surface area contributed by atoms with Crippen molar-refractivity contribution in [3.8, 4) is 0 Å². The van der Waals surface area contributed by atoms with Crippen molar-refractivity contribution in [2.24, 2.45) is 5.92 Å². The molecular formula is C63H134N4O16. The Kier molecular flexibility index (Phi) is 108. The fraction of sp³-hybridized carbons (Fsp3) is 0.905. The Balaban J connectivity index is -0.000000165. The van der Waals surface area contributed by atoms with Gasteiger partial charge in [0.05, 0.1) is 123 Å². The second-order valence-electron chi connectivity index (χ2n) is 20.1. The molecule has 0 aliphatic carbocycles. The number of allylic oxidation sites excluding steroid dienone is 1. The molecule has 0 aromatic heterocycles. The van der Waals surface area contributed by atoms with E-state index in [9.17, 15) is 39.6 Å². The second kappa shape index (κ2) is 95.5. The molecule has 0 unspecified atom stereocenters. The first kappa shape index (κ1) is 93.8. The molecule has 0 bridgehead atoms. The summed E-state index contributed by atoms with van der Waals surface area (Å²) in [5.74, 6) is -6.51. The molecular weight excluding hydrogens is 1070 g/mol. The predicted octanol–water partition coefficient (Wildman–Crippen LogP) is 1.87. The van der Waals surface area contributed by atoms with Gasteiger partial charge in [0.1, 0.15) is 0 Å². The Morgan fingerprint density at radius 2 is 0.566 bits per heavy atom. The maximum Gasteiger partial charge on any atom is 0.0993 e. The first-order valence-electron chi connectivity index (χ1n) is 32.0. The molecule has 83 heavy (non-hydrogen) atoms. The number of hydrogen-bond acceptors (Lipinski definition) is 16. The summed E-state index contributed by atoms with van der Waals surface area (Å²) in [6.45, 7) is 21.4. The summed E-state index contributed by atoms with van der Waals surface area (Å²) in [6, 6.07) is 0. The van der Waals surface area contributed by atoms with Gasteiger partial charge in [-0.05, 0) is 38.2 Å². The van der Waals surface area contributed by atoms with Gasteiger partial charge >= 0.3 is 0 Å². The molecule has 8 N–H and O–H groups in total. The van der Waals surface area contributed by atoms with E-state index in [2.05, 4.69) is 42.0 Å². The van der Waals surface area contributed by atoms with Crippen molar-refractivity contribution in [3.05, 3.63) is 12.2 Å². The Hall–Kier alpha value is -2.86. The molecule has 0 aliphatic heterocycles. The van der Waals surface area contributed by atoms with Crippen molar-refractivity contribution in [1.82, 2.24) is 0 Å². The van der Waals surface area contributed by atoms with Crippen LogP contribution in [0.5, 0.6) is 0 Å². The van der Waals surface area contributed by atoms with Crippen molar-refractivity contribution >= 4 is 23.9 Å². The van der Waals surface area contributed by atoms with Crippen molar-refractivity contribution in [2.75, 3.05) is 162 Å². The predicted molar refractivity (Wildman–Crippen MR) is 325 cm³/mol. The third kappa shape index (κ3) is 118. The molecule has 20 nitrogen and oxygen atoms in total. The van der Waals surface area contributed by atoms with E-state index < -0.39 is 29.8 Å². The highest BCUT2D eigenvalue weighted by Gasteiger charge is 2.10. The van der Waals surface area contributed by atoms with Gasteiger partial charge in [-0.2, -0.15) is 0 Å². The van der Waals surface area contributed by atoms with E-state index in [1.54, 1.807) is 63.0 Å². The van der Waals surface area contributed by atoms with Crippen LogP contribution in [0.25, 0.3) is 0 Å².